The molecule has 0 radical (unpaired) electrons. The molecule has 0 spiro atoms. The Hall–Kier alpha value is -3.06. The molecule has 1 fully saturated rings. The SMILES string of the molecule is CCc1ccc(Nc2nc(Nc3ccc(OC)cc3)nc(N3CCCC3)n2)cc1.[Cl-].[H+]. The summed E-state index contributed by atoms with van der Waals surface area (Å²) in [4.78, 5) is 16.1. The van der Waals surface area contributed by atoms with Crippen LogP contribution >= 0.6 is 0 Å². The van der Waals surface area contributed by atoms with Gasteiger partial charge in [-0.15, -0.1) is 0 Å². The monoisotopic (exact) mass is 426 g/mol. The van der Waals surface area contributed by atoms with E-state index < -0.39 is 0 Å². The van der Waals surface area contributed by atoms with E-state index in [0.717, 1.165) is 49.5 Å². The van der Waals surface area contributed by atoms with Gasteiger partial charge in [-0.2, -0.15) is 15.0 Å². The highest BCUT2D eigenvalue weighted by molar-refractivity contribution is 5.60. The lowest BCUT2D eigenvalue weighted by molar-refractivity contribution is -0.00000651. The molecule has 3 aromatic rings. The van der Waals surface area contributed by atoms with Crippen molar-refractivity contribution in [1.82, 2.24) is 15.0 Å². The molecule has 0 atom stereocenters. The number of halogens is 1. The van der Waals surface area contributed by atoms with Crippen LogP contribution in [-0.4, -0.2) is 35.2 Å². The maximum atomic E-state index is 5.22. The fraction of sp³-hybridized carbons (Fsp3) is 0.318. The van der Waals surface area contributed by atoms with Gasteiger partial charge < -0.3 is 32.7 Å². The summed E-state index contributed by atoms with van der Waals surface area (Å²) in [7, 11) is 1.65. The largest absolute Gasteiger partial charge is 1.00 e. The Labute approximate surface area is 184 Å². The van der Waals surface area contributed by atoms with Gasteiger partial charge in [-0.3, -0.25) is 0 Å². The minimum Gasteiger partial charge on any atom is -1.00 e. The molecule has 1 aromatic heterocycles. The van der Waals surface area contributed by atoms with Gasteiger partial charge >= 0.3 is 1.43 Å². The van der Waals surface area contributed by atoms with Gasteiger partial charge in [0.15, 0.2) is 0 Å². The third kappa shape index (κ3) is 5.30. The number of nitrogens with zero attached hydrogens (tertiary/aromatic N) is 4. The van der Waals surface area contributed by atoms with Crippen molar-refractivity contribution in [3.63, 3.8) is 0 Å². The zero-order valence-corrected chi connectivity index (χ0v) is 18.0. The van der Waals surface area contributed by atoms with Crippen LogP contribution in [0.1, 0.15) is 26.8 Å². The molecule has 30 heavy (non-hydrogen) atoms. The molecule has 0 bridgehead atoms. The van der Waals surface area contributed by atoms with Crippen LogP contribution < -0.4 is 32.7 Å². The fourth-order valence-electron chi connectivity index (χ4n) is 3.29. The van der Waals surface area contributed by atoms with Crippen LogP contribution in [0.3, 0.4) is 0 Å². The fourth-order valence-corrected chi connectivity index (χ4v) is 3.29. The van der Waals surface area contributed by atoms with Crippen molar-refractivity contribution in [1.29, 1.82) is 0 Å². The third-order valence-corrected chi connectivity index (χ3v) is 4.98. The lowest BCUT2D eigenvalue weighted by Gasteiger charge is -2.17. The number of benzene rings is 2. The number of methoxy groups -OCH3 is 1. The summed E-state index contributed by atoms with van der Waals surface area (Å²) < 4.78 is 5.22. The van der Waals surface area contributed by atoms with Crippen molar-refractivity contribution in [2.45, 2.75) is 26.2 Å². The van der Waals surface area contributed by atoms with Crippen LogP contribution in [0.25, 0.3) is 0 Å². The minimum absolute atomic E-state index is 0. The van der Waals surface area contributed by atoms with E-state index >= 15 is 0 Å². The van der Waals surface area contributed by atoms with E-state index in [2.05, 4.69) is 61.7 Å². The van der Waals surface area contributed by atoms with E-state index in [-0.39, 0.29) is 13.8 Å². The Morgan fingerprint density at radius 1 is 0.867 bits per heavy atom. The van der Waals surface area contributed by atoms with Gasteiger partial charge in [-0.1, -0.05) is 19.1 Å². The number of nitrogens with one attached hydrogen (secondary N) is 2. The van der Waals surface area contributed by atoms with Gasteiger partial charge in [0, 0.05) is 24.5 Å². The standard InChI is InChI=1S/C22H26N6O.ClH/c1-3-16-6-8-17(9-7-16)23-20-25-21(24-18-10-12-19(29-2)13-11-18)27-22(26-20)28-14-4-5-15-28;/h6-13H,3-5,14-15H2,1-2H3,(H2,23,24,25,26,27);1H. The molecule has 0 aliphatic carbocycles. The van der Waals surface area contributed by atoms with Crippen LogP contribution in [0.2, 0.25) is 0 Å². The first-order valence-corrected chi connectivity index (χ1v) is 10.0. The predicted molar refractivity (Wildman–Crippen MR) is 118 cm³/mol. The molecule has 2 N–H and O–H groups in total. The lowest BCUT2D eigenvalue weighted by Crippen LogP contribution is -3.00. The highest BCUT2D eigenvalue weighted by atomic mass is 35.5. The van der Waals surface area contributed by atoms with Crippen molar-refractivity contribution < 1.29 is 18.6 Å². The molecular formula is C22H27ClN6O. The zero-order valence-electron chi connectivity index (χ0n) is 18.2. The topological polar surface area (TPSA) is 75.2 Å². The minimum atomic E-state index is 0. The summed E-state index contributed by atoms with van der Waals surface area (Å²) >= 11 is 0. The van der Waals surface area contributed by atoms with E-state index in [1.807, 2.05) is 24.3 Å². The maximum absolute atomic E-state index is 5.22. The summed E-state index contributed by atoms with van der Waals surface area (Å²) in [6.45, 7) is 4.08. The number of aromatic nitrogens is 3. The summed E-state index contributed by atoms with van der Waals surface area (Å²) in [6, 6.07) is 16.0. The Morgan fingerprint density at radius 2 is 1.40 bits per heavy atom. The second kappa shape index (κ2) is 10.1. The first-order valence-electron chi connectivity index (χ1n) is 10.0. The second-order valence-electron chi connectivity index (χ2n) is 7.01. The quantitative estimate of drug-likeness (QED) is 0.595. The highest BCUT2D eigenvalue weighted by Gasteiger charge is 2.17. The Kier molecular flexibility index (Phi) is 7.30. The summed E-state index contributed by atoms with van der Waals surface area (Å²) in [5, 5.41) is 6.59. The smallest absolute Gasteiger partial charge is 1.00 e. The van der Waals surface area contributed by atoms with Gasteiger partial charge in [-0.05, 0) is 61.2 Å². The van der Waals surface area contributed by atoms with Gasteiger partial charge in [0.05, 0.1) is 7.11 Å². The van der Waals surface area contributed by atoms with Crippen molar-refractivity contribution >= 4 is 29.2 Å². The van der Waals surface area contributed by atoms with Crippen LogP contribution in [0, 0.1) is 0 Å². The first-order chi connectivity index (χ1) is 14.2. The molecule has 158 valence electrons. The lowest BCUT2D eigenvalue weighted by atomic mass is 10.1. The number of hydrogen-bond donors (Lipinski definition) is 2. The van der Waals surface area contributed by atoms with Crippen molar-refractivity contribution in [2.75, 3.05) is 35.7 Å². The van der Waals surface area contributed by atoms with Crippen molar-refractivity contribution in [3.8, 4) is 5.75 Å². The van der Waals surface area contributed by atoms with E-state index in [0.29, 0.717) is 17.8 Å². The first kappa shape index (κ1) is 21.6. The zero-order chi connectivity index (χ0) is 20.1. The molecule has 4 rings (SSSR count). The molecule has 1 saturated heterocycles. The number of rotatable bonds is 7. The van der Waals surface area contributed by atoms with Gasteiger partial charge in [0.2, 0.25) is 17.8 Å². The average Bonchev–Trinajstić information content (AvgIpc) is 3.30. The average molecular weight is 427 g/mol. The molecule has 0 saturated carbocycles. The second-order valence-corrected chi connectivity index (χ2v) is 7.01. The summed E-state index contributed by atoms with van der Waals surface area (Å²) in [6.07, 6.45) is 3.34. The van der Waals surface area contributed by atoms with Crippen LogP contribution in [-0.2, 0) is 6.42 Å². The Balaban J connectivity index is 0.00000171. The predicted octanol–water partition coefficient (Wildman–Crippen LogP) is 1.65. The summed E-state index contributed by atoms with van der Waals surface area (Å²) in [5.41, 5.74) is 3.14. The number of aryl methyl sites for hydroxylation is 1. The summed E-state index contributed by atoms with van der Waals surface area (Å²) in [5.74, 6) is 2.55. The Bertz CT molecular complexity index is 881. The molecule has 1 aliphatic rings. The van der Waals surface area contributed by atoms with Crippen LogP contribution in [0.15, 0.2) is 48.5 Å². The molecule has 0 unspecified atom stereocenters. The van der Waals surface area contributed by atoms with E-state index in [1.165, 1.54) is 5.56 Å². The van der Waals surface area contributed by atoms with E-state index in [1.54, 1.807) is 7.11 Å². The van der Waals surface area contributed by atoms with Gasteiger partial charge in [0.25, 0.3) is 0 Å². The molecule has 0 amide bonds. The number of hydrogen-bond acceptors (Lipinski definition) is 7. The number of ether oxygens (including phenoxy) is 1. The molecule has 7 nitrogen and oxygen atoms in total. The van der Waals surface area contributed by atoms with Crippen LogP contribution in [0.5, 0.6) is 5.75 Å². The molecule has 2 aromatic carbocycles. The van der Waals surface area contributed by atoms with E-state index in [4.69, 9.17) is 4.74 Å². The molecule has 2 heterocycles. The van der Waals surface area contributed by atoms with Gasteiger partial charge in [0.1, 0.15) is 5.75 Å². The molecule has 1 aliphatic heterocycles. The van der Waals surface area contributed by atoms with E-state index in [9.17, 15) is 0 Å². The third-order valence-electron chi connectivity index (χ3n) is 4.98. The number of anilines is 5. The van der Waals surface area contributed by atoms with Crippen molar-refractivity contribution in [2.24, 2.45) is 0 Å². The molecular weight excluding hydrogens is 400 g/mol. The van der Waals surface area contributed by atoms with Crippen molar-refractivity contribution in [3.05, 3.63) is 54.1 Å². The normalized spacial score (nSPS) is 12.9. The van der Waals surface area contributed by atoms with Crippen LogP contribution in [0.4, 0.5) is 29.2 Å². The highest BCUT2D eigenvalue weighted by Crippen LogP contribution is 2.23. The maximum Gasteiger partial charge on any atom is 1.00 e. The van der Waals surface area contributed by atoms with Gasteiger partial charge in [-0.25, -0.2) is 0 Å². The Morgan fingerprint density at radius 3 is 1.90 bits per heavy atom. The molecule has 8 heteroatoms.